The molecule has 6 aromatic carbocycles. The average Bonchev–Trinajstić information content (AvgIpc) is 3.57. The molecule has 244 valence electrons. The van der Waals surface area contributed by atoms with Gasteiger partial charge in [-0.05, 0) is 136 Å². The average molecular weight is 646 g/mol. The summed E-state index contributed by atoms with van der Waals surface area (Å²) in [6, 6.07) is 53.2. The van der Waals surface area contributed by atoms with Crippen molar-refractivity contribution in [1.82, 2.24) is 0 Å². The fourth-order valence-corrected chi connectivity index (χ4v) is 12.1. The van der Waals surface area contributed by atoms with Gasteiger partial charge in [0.1, 0.15) is 0 Å². The number of fused-ring (bicyclic) bond motifs is 6. The first-order chi connectivity index (χ1) is 24.5. The van der Waals surface area contributed by atoms with Gasteiger partial charge in [-0.3, -0.25) is 0 Å². The highest BCUT2D eigenvalue weighted by atomic mass is 15.1. The van der Waals surface area contributed by atoms with Gasteiger partial charge in [0.15, 0.2) is 0 Å². The van der Waals surface area contributed by atoms with Crippen LogP contribution in [0.3, 0.4) is 0 Å². The molecule has 50 heavy (non-hydrogen) atoms. The summed E-state index contributed by atoms with van der Waals surface area (Å²) in [6.45, 7) is 4.79. The monoisotopic (exact) mass is 645 g/mol. The Morgan fingerprint density at radius 3 is 1.84 bits per heavy atom. The molecule has 4 bridgehead atoms. The summed E-state index contributed by atoms with van der Waals surface area (Å²) >= 11 is 0. The van der Waals surface area contributed by atoms with Crippen molar-refractivity contribution < 1.29 is 0 Å². The lowest BCUT2D eigenvalue weighted by molar-refractivity contribution is -0.0399. The van der Waals surface area contributed by atoms with Crippen LogP contribution in [-0.2, 0) is 10.8 Å². The molecular formula is C49H43N. The third-order valence-electron chi connectivity index (χ3n) is 13.8. The summed E-state index contributed by atoms with van der Waals surface area (Å²) in [7, 11) is 0. The minimum atomic E-state index is -0.0742. The predicted octanol–water partition coefficient (Wildman–Crippen LogP) is 12.9. The van der Waals surface area contributed by atoms with E-state index in [1.165, 1.54) is 93.7 Å². The molecule has 0 amide bonds. The largest absolute Gasteiger partial charge is 0.310 e. The van der Waals surface area contributed by atoms with Crippen molar-refractivity contribution >= 4 is 17.1 Å². The molecule has 0 aliphatic heterocycles. The van der Waals surface area contributed by atoms with Crippen LogP contribution in [0.25, 0.3) is 33.4 Å². The molecule has 6 aliphatic carbocycles. The molecule has 4 fully saturated rings. The SMILES string of the molecule is CC1(C)c2ccccc2-c2ccc(N(c3cccc(-c4ccccc4)c3)c3cccc4c3-c3ccccc3C43C4CC5CC(C4)CC3C5)cc21. The molecule has 1 spiro atoms. The van der Waals surface area contributed by atoms with E-state index in [2.05, 4.69) is 158 Å². The topological polar surface area (TPSA) is 3.24 Å². The van der Waals surface area contributed by atoms with Crippen LogP contribution in [0.1, 0.15) is 68.2 Å². The van der Waals surface area contributed by atoms with Crippen LogP contribution in [0.4, 0.5) is 17.1 Å². The van der Waals surface area contributed by atoms with Gasteiger partial charge in [0.2, 0.25) is 0 Å². The standard InChI is InChI=1S/C49H43N/c1-48(2)42-18-8-6-16-39(42)40-23-22-38(30-45(40)48)50(37-15-10-14-34(29-37)33-12-4-3-5-13-33)46-21-11-20-44-47(46)41-17-7-9-19-43(41)49(44)35-25-31-24-32(27-35)28-36(49)26-31/h3-23,29-32,35-36H,24-28H2,1-2H3. The van der Waals surface area contributed by atoms with Gasteiger partial charge in [-0.15, -0.1) is 0 Å². The number of benzene rings is 6. The number of hydrogen-bond donors (Lipinski definition) is 0. The lowest BCUT2D eigenvalue weighted by Crippen LogP contribution is -2.55. The maximum absolute atomic E-state index is 2.59. The lowest BCUT2D eigenvalue weighted by Gasteiger charge is -2.61. The molecule has 0 radical (unpaired) electrons. The van der Waals surface area contributed by atoms with E-state index in [-0.39, 0.29) is 10.8 Å². The molecular weight excluding hydrogens is 603 g/mol. The summed E-state index contributed by atoms with van der Waals surface area (Å²) in [5.41, 5.74) is 18.0. The van der Waals surface area contributed by atoms with Crippen molar-refractivity contribution in [2.45, 2.75) is 56.8 Å². The van der Waals surface area contributed by atoms with Crippen LogP contribution < -0.4 is 4.90 Å². The van der Waals surface area contributed by atoms with Gasteiger partial charge in [-0.2, -0.15) is 0 Å². The molecule has 1 nitrogen and oxygen atoms in total. The van der Waals surface area contributed by atoms with E-state index in [0.29, 0.717) is 0 Å². The fourth-order valence-electron chi connectivity index (χ4n) is 12.1. The first-order valence-electron chi connectivity index (χ1n) is 18.9. The second kappa shape index (κ2) is 10.3. The Morgan fingerprint density at radius 1 is 0.460 bits per heavy atom. The fraction of sp³-hybridized carbons (Fsp3) is 0.265. The van der Waals surface area contributed by atoms with E-state index in [1.807, 2.05) is 0 Å². The van der Waals surface area contributed by atoms with Crippen LogP contribution in [0.2, 0.25) is 0 Å². The Morgan fingerprint density at radius 2 is 1.06 bits per heavy atom. The van der Waals surface area contributed by atoms with Gasteiger partial charge in [-0.1, -0.05) is 123 Å². The maximum atomic E-state index is 2.59. The second-order valence-electron chi connectivity index (χ2n) is 16.6. The van der Waals surface area contributed by atoms with E-state index in [4.69, 9.17) is 0 Å². The minimum absolute atomic E-state index is 0.0742. The molecule has 0 atom stereocenters. The third-order valence-corrected chi connectivity index (χ3v) is 13.8. The molecule has 12 rings (SSSR count). The summed E-state index contributed by atoms with van der Waals surface area (Å²) in [5, 5.41) is 0. The molecule has 6 aliphatic rings. The molecule has 0 heterocycles. The molecule has 0 aromatic heterocycles. The molecule has 0 unspecified atom stereocenters. The molecule has 0 saturated heterocycles. The van der Waals surface area contributed by atoms with Crippen LogP contribution in [0.5, 0.6) is 0 Å². The molecule has 4 saturated carbocycles. The highest BCUT2D eigenvalue weighted by molar-refractivity contribution is 5.96. The van der Waals surface area contributed by atoms with E-state index in [1.54, 1.807) is 11.1 Å². The third kappa shape index (κ3) is 3.79. The smallest absolute Gasteiger partial charge is 0.0543 e. The van der Waals surface area contributed by atoms with Crippen LogP contribution in [-0.4, -0.2) is 0 Å². The van der Waals surface area contributed by atoms with Crippen LogP contribution >= 0.6 is 0 Å². The first-order valence-corrected chi connectivity index (χ1v) is 18.9. The quantitative estimate of drug-likeness (QED) is 0.184. The number of hydrogen-bond acceptors (Lipinski definition) is 1. The zero-order valence-electron chi connectivity index (χ0n) is 29.1. The van der Waals surface area contributed by atoms with Crippen LogP contribution in [0.15, 0.2) is 140 Å². The van der Waals surface area contributed by atoms with E-state index >= 15 is 0 Å². The summed E-state index contributed by atoms with van der Waals surface area (Å²) in [6.07, 6.45) is 7.06. The van der Waals surface area contributed by atoms with Crippen molar-refractivity contribution in [2.24, 2.45) is 23.7 Å². The van der Waals surface area contributed by atoms with Crippen molar-refractivity contribution in [1.29, 1.82) is 0 Å². The van der Waals surface area contributed by atoms with Gasteiger partial charge in [0.05, 0.1) is 5.69 Å². The highest BCUT2D eigenvalue weighted by Crippen LogP contribution is 2.70. The number of anilines is 3. The maximum Gasteiger partial charge on any atom is 0.0543 e. The van der Waals surface area contributed by atoms with Crippen molar-refractivity contribution in [3.8, 4) is 33.4 Å². The number of rotatable bonds is 4. The summed E-state index contributed by atoms with van der Waals surface area (Å²) < 4.78 is 0. The second-order valence-corrected chi connectivity index (χ2v) is 16.6. The molecule has 0 N–H and O–H groups in total. The van der Waals surface area contributed by atoms with Crippen LogP contribution in [0, 0.1) is 23.7 Å². The van der Waals surface area contributed by atoms with Gasteiger partial charge in [-0.25, -0.2) is 0 Å². The normalized spacial score (nSPS) is 25.6. The summed E-state index contributed by atoms with van der Waals surface area (Å²) in [4.78, 5) is 2.59. The highest BCUT2D eigenvalue weighted by Gasteiger charge is 2.61. The minimum Gasteiger partial charge on any atom is -0.310 e. The van der Waals surface area contributed by atoms with E-state index in [0.717, 1.165) is 23.7 Å². The predicted molar refractivity (Wildman–Crippen MR) is 207 cm³/mol. The van der Waals surface area contributed by atoms with E-state index in [9.17, 15) is 0 Å². The Labute approximate surface area is 296 Å². The Bertz CT molecular complexity index is 2300. The van der Waals surface area contributed by atoms with Gasteiger partial charge in [0, 0.05) is 27.8 Å². The Kier molecular flexibility index (Phi) is 5.97. The van der Waals surface area contributed by atoms with Gasteiger partial charge >= 0.3 is 0 Å². The Hall–Kier alpha value is -4.88. The lowest BCUT2D eigenvalue weighted by atomic mass is 9.43. The van der Waals surface area contributed by atoms with E-state index < -0.39 is 0 Å². The van der Waals surface area contributed by atoms with Crippen molar-refractivity contribution in [3.05, 3.63) is 162 Å². The van der Waals surface area contributed by atoms with Crippen molar-refractivity contribution in [2.75, 3.05) is 4.90 Å². The van der Waals surface area contributed by atoms with Gasteiger partial charge < -0.3 is 4.90 Å². The zero-order valence-corrected chi connectivity index (χ0v) is 29.1. The van der Waals surface area contributed by atoms with Crippen molar-refractivity contribution in [3.63, 3.8) is 0 Å². The first kappa shape index (κ1) is 28.9. The Balaban J connectivity index is 1.16. The van der Waals surface area contributed by atoms with Gasteiger partial charge in [0.25, 0.3) is 0 Å². The molecule has 6 aromatic rings. The number of nitrogens with zero attached hydrogens (tertiary/aromatic N) is 1. The summed E-state index contributed by atoms with van der Waals surface area (Å²) in [5.74, 6) is 3.34. The zero-order chi connectivity index (χ0) is 33.2. The molecule has 1 heteroatoms.